The van der Waals surface area contributed by atoms with Crippen molar-refractivity contribution >= 4 is 0 Å². The molecule has 1 rings (SSSR count). The number of hydrogen-bond acceptors (Lipinski definition) is 2. The van der Waals surface area contributed by atoms with Crippen LogP contribution in [0.3, 0.4) is 0 Å². The number of terminal acetylenes is 1. The smallest absolute Gasteiger partial charge is 0.0912 e. The number of hydrogen-bond donors (Lipinski definition) is 2. The van der Waals surface area contributed by atoms with Crippen LogP contribution in [0.5, 0.6) is 0 Å². The third kappa shape index (κ3) is 1.85. The molecule has 1 atom stereocenters. The highest BCUT2D eigenvalue weighted by atomic mass is 16.3. The molecule has 0 bridgehead atoms. The van der Waals surface area contributed by atoms with Gasteiger partial charge in [-0.1, -0.05) is 18.1 Å². The molecule has 0 aliphatic rings. The van der Waals surface area contributed by atoms with E-state index in [2.05, 4.69) is 5.92 Å². The minimum absolute atomic E-state index is 0.216. The van der Waals surface area contributed by atoms with Gasteiger partial charge in [-0.3, -0.25) is 0 Å². The summed E-state index contributed by atoms with van der Waals surface area (Å²) in [5.74, 6) is 2.49. The summed E-state index contributed by atoms with van der Waals surface area (Å²) in [5.41, 5.74) is 6.83. The van der Waals surface area contributed by atoms with E-state index in [0.717, 1.165) is 11.1 Å². The average Bonchev–Trinajstić information content (AvgIpc) is 2.17. The van der Waals surface area contributed by atoms with Gasteiger partial charge in [-0.25, -0.2) is 0 Å². The molecule has 3 N–H and O–H groups in total. The average molecular weight is 161 g/mol. The lowest BCUT2D eigenvalue weighted by molar-refractivity contribution is 0.186. The van der Waals surface area contributed by atoms with Gasteiger partial charge in [-0.2, -0.15) is 0 Å². The van der Waals surface area contributed by atoms with Crippen LogP contribution in [-0.2, 0) is 0 Å². The molecule has 1 aromatic rings. The summed E-state index contributed by atoms with van der Waals surface area (Å²) >= 11 is 0. The molecule has 0 fully saturated rings. The van der Waals surface area contributed by atoms with Crippen molar-refractivity contribution in [1.82, 2.24) is 0 Å². The van der Waals surface area contributed by atoms with E-state index in [-0.39, 0.29) is 6.54 Å². The highest BCUT2D eigenvalue weighted by Crippen LogP contribution is 2.12. The molecule has 0 spiro atoms. The minimum atomic E-state index is -0.613. The molecule has 0 aliphatic heterocycles. The van der Waals surface area contributed by atoms with Crippen LogP contribution in [0.2, 0.25) is 0 Å². The second-order valence-corrected chi connectivity index (χ2v) is 2.52. The van der Waals surface area contributed by atoms with Crippen molar-refractivity contribution in [1.29, 1.82) is 0 Å². The predicted molar refractivity (Wildman–Crippen MR) is 48.4 cm³/mol. The maximum Gasteiger partial charge on any atom is 0.0912 e. The summed E-state index contributed by atoms with van der Waals surface area (Å²) in [4.78, 5) is 0. The van der Waals surface area contributed by atoms with Gasteiger partial charge in [0.15, 0.2) is 0 Å². The molecule has 0 heterocycles. The van der Waals surface area contributed by atoms with E-state index in [4.69, 9.17) is 12.2 Å². The lowest BCUT2D eigenvalue weighted by atomic mass is 10.1. The lowest BCUT2D eigenvalue weighted by Gasteiger charge is -2.07. The zero-order valence-electron chi connectivity index (χ0n) is 6.70. The number of nitrogens with two attached hydrogens (primary N) is 1. The van der Waals surface area contributed by atoms with Gasteiger partial charge in [0.1, 0.15) is 0 Å². The van der Waals surface area contributed by atoms with E-state index in [9.17, 15) is 5.11 Å². The molecule has 0 saturated heterocycles. The SMILES string of the molecule is C#Cc1cccc(C(O)CN)c1. The van der Waals surface area contributed by atoms with Crippen LogP contribution >= 0.6 is 0 Å². The molecular formula is C10H11NO. The van der Waals surface area contributed by atoms with Crippen molar-refractivity contribution < 1.29 is 5.11 Å². The third-order valence-corrected chi connectivity index (χ3v) is 1.66. The molecule has 2 heteroatoms. The van der Waals surface area contributed by atoms with Crippen LogP contribution in [0.1, 0.15) is 17.2 Å². The molecule has 0 radical (unpaired) electrons. The molecule has 0 amide bonds. The van der Waals surface area contributed by atoms with E-state index < -0.39 is 6.10 Å². The standard InChI is InChI=1S/C10H11NO/c1-2-8-4-3-5-9(6-8)10(12)7-11/h1,3-6,10,12H,7,11H2. The van der Waals surface area contributed by atoms with Crippen LogP contribution in [0.15, 0.2) is 24.3 Å². The van der Waals surface area contributed by atoms with Crippen molar-refractivity contribution in [3.05, 3.63) is 35.4 Å². The fourth-order valence-electron chi connectivity index (χ4n) is 0.972. The Morgan fingerprint density at radius 1 is 1.58 bits per heavy atom. The first-order chi connectivity index (χ1) is 5.77. The van der Waals surface area contributed by atoms with Crippen molar-refractivity contribution in [2.75, 3.05) is 6.54 Å². The highest BCUT2D eigenvalue weighted by molar-refractivity contribution is 5.36. The molecule has 0 saturated carbocycles. The first-order valence-corrected chi connectivity index (χ1v) is 3.72. The quantitative estimate of drug-likeness (QED) is 0.626. The van der Waals surface area contributed by atoms with Crippen molar-refractivity contribution in [2.24, 2.45) is 5.73 Å². The molecule has 0 aliphatic carbocycles. The second kappa shape index (κ2) is 3.91. The maximum absolute atomic E-state index is 9.36. The van der Waals surface area contributed by atoms with Crippen LogP contribution in [0.4, 0.5) is 0 Å². The summed E-state index contributed by atoms with van der Waals surface area (Å²) in [6.07, 6.45) is 4.58. The molecule has 0 aromatic heterocycles. The number of aliphatic hydroxyl groups is 1. The topological polar surface area (TPSA) is 46.2 Å². The Hall–Kier alpha value is -1.30. The van der Waals surface area contributed by atoms with Crippen LogP contribution in [0.25, 0.3) is 0 Å². The molecular weight excluding hydrogens is 150 g/mol. The second-order valence-electron chi connectivity index (χ2n) is 2.52. The Morgan fingerprint density at radius 3 is 2.92 bits per heavy atom. The van der Waals surface area contributed by atoms with Crippen molar-refractivity contribution in [3.8, 4) is 12.3 Å². The van der Waals surface area contributed by atoms with Gasteiger partial charge in [0, 0.05) is 12.1 Å². The van der Waals surface area contributed by atoms with Gasteiger partial charge in [0.25, 0.3) is 0 Å². The van der Waals surface area contributed by atoms with E-state index in [1.165, 1.54) is 0 Å². The van der Waals surface area contributed by atoms with Crippen molar-refractivity contribution in [3.63, 3.8) is 0 Å². The van der Waals surface area contributed by atoms with Crippen molar-refractivity contribution in [2.45, 2.75) is 6.10 Å². The predicted octanol–water partition coefficient (Wildman–Crippen LogP) is 0.660. The van der Waals surface area contributed by atoms with Gasteiger partial charge in [-0.15, -0.1) is 6.42 Å². The van der Waals surface area contributed by atoms with E-state index in [0.29, 0.717) is 0 Å². The Kier molecular flexibility index (Phi) is 2.87. The van der Waals surface area contributed by atoms with Gasteiger partial charge in [0.2, 0.25) is 0 Å². The summed E-state index contributed by atoms with van der Waals surface area (Å²) in [5, 5.41) is 9.36. The zero-order valence-corrected chi connectivity index (χ0v) is 6.70. The summed E-state index contributed by atoms with van der Waals surface area (Å²) in [6, 6.07) is 7.19. The minimum Gasteiger partial charge on any atom is -0.387 e. The Balaban J connectivity index is 2.95. The fraction of sp³-hybridized carbons (Fsp3) is 0.200. The maximum atomic E-state index is 9.36. The monoisotopic (exact) mass is 161 g/mol. The highest BCUT2D eigenvalue weighted by Gasteiger charge is 2.03. The van der Waals surface area contributed by atoms with E-state index in [1.807, 2.05) is 12.1 Å². The summed E-state index contributed by atoms with van der Waals surface area (Å²) in [7, 11) is 0. The molecule has 2 nitrogen and oxygen atoms in total. The Morgan fingerprint density at radius 2 is 2.33 bits per heavy atom. The summed E-state index contributed by atoms with van der Waals surface area (Å²) < 4.78 is 0. The van der Waals surface area contributed by atoms with Crippen LogP contribution in [0, 0.1) is 12.3 Å². The molecule has 1 aromatic carbocycles. The third-order valence-electron chi connectivity index (χ3n) is 1.66. The van der Waals surface area contributed by atoms with Gasteiger partial charge in [0.05, 0.1) is 6.10 Å². The number of aliphatic hydroxyl groups excluding tert-OH is 1. The fourth-order valence-corrected chi connectivity index (χ4v) is 0.972. The lowest BCUT2D eigenvalue weighted by Crippen LogP contribution is -2.11. The number of rotatable bonds is 2. The first-order valence-electron chi connectivity index (χ1n) is 3.72. The first kappa shape index (κ1) is 8.79. The van der Waals surface area contributed by atoms with Crippen LogP contribution in [-0.4, -0.2) is 11.7 Å². The van der Waals surface area contributed by atoms with Crippen LogP contribution < -0.4 is 5.73 Å². The Labute approximate surface area is 72.0 Å². The normalized spacial score (nSPS) is 12.1. The number of benzene rings is 1. The van der Waals surface area contributed by atoms with Gasteiger partial charge >= 0.3 is 0 Å². The Bertz CT molecular complexity index is 301. The van der Waals surface area contributed by atoms with Gasteiger partial charge in [-0.05, 0) is 17.7 Å². The molecule has 12 heavy (non-hydrogen) atoms. The molecule has 1 unspecified atom stereocenters. The largest absolute Gasteiger partial charge is 0.387 e. The van der Waals surface area contributed by atoms with E-state index >= 15 is 0 Å². The van der Waals surface area contributed by atoms with E-state index in [1.54, 1.807) is 12.1 Å². The summed E-state index contributed by atoms with van der Waals surface area (Å²) in [6.45, 7) is 0.216. The zero-order chi connectivity index (χ0) is 8.97. The molecule has 62 valence electrons. The van der Waals surface area contributed by atoms with Gasteiger partial charge < -0.3 is 10.8 Å².